The van der Waals surface area contributed by atoms with Gasteiger partial charge in [0.05, 0.1) is 24.2 Å². The van der Waals surface area contributed by atoms with E-state index < -0.39 is 0 Å². The fourth-order valence-electron chi connectivity index (χ4n) is 2.73. The number of ether oxygens (including phenoxy) is 1. The Morgan fingerprint density at radius 3 is 3.14 bits per heavy atom. The van der Waals surface area contributed by atoms with Crippen molar-refractivity contribution in [2.75, 3.05) is 11.9 Å². The number of aromatic nitrogens is 4. The van der Waals surface area contributed by atoms with E-state index in [4.69, 9.17) is 4.74 Å². The van der Waals surface area contributed by atoms with Gasteiger partial charge in [-0.25, -0.2) is 9.97 Å². The van der Waals surface area contributed by atoms with Gasteiger partial charge in [-0.2, -0.15) is 5.10 Å². The minimum absolute atomic E-state index is 0.188. The van der Waals surface area contributed by atoms with Crippen molar-refractivity contribution >= 4 is 16.9 Å². The topological polar surface area (TPSA) is 64.9 Å². The number of fused-ring (bicyclic) bond motifs is 2. The summed E-state index contributed by atoms with van der Waals surface area (Å²) >= 11 is 0. The molecule has 3 heterocycles. The van der Waals surface area contributed by atoms with E-state index in [9.17, 15) is 0 Å². The van der Waals surface area contributed by atoms with E-state index in [2.05, 4.69) is 26.4 Å². The summed E-state index contributed by atoms with van der Waals surface area (Å²) in [5.41, 5.74) is 1.99. The van der Waals surface area contributed by atoms with E-state index in [1.165, 1.54) is 5.56 Å². The van der Waals surface area contributed by atoms with E-state index in [0.29, 0.717) is 6.61 Å². The lowest BCUT2D eigenvalue weighted by Gasteiger charge is -2.27. The summed E-state index contributed by atoms with van der Waals surface area (Å²) in [6.07, 6.45) is 4.27. The molecule has 0 spiro atoms. The number of anilines is 1. The van der Waals surface area contributed by atoms with E-state index in [-0.39, 0.29) is 6.04 Å². The molecule has 0 saturated carbocycles. The fourth-order valence-corrected chi connectivity index (χ4v) is 2.73. The largest absolute Gasteiger partial charge is 0.493 e. The molecule has 6 nitrogen and oxygen atoms in total. The van der Waals surface area contributed by atoms with Crippen molar-refractivity contribution < 1.29 is 4.74 Å². The number of nitrogens with one attached hydrogen (secondary N) is 1. The molecule has 0 bridgehead atoms. The number of nitrogens with zero attached hydrogens (tertiary/aromatic N) is 4. The molecular formula is C15H15N5O. The monoisotopic (exact) mass is 281 g/mol. The first-order valence-corrected chi connectivity index (χ1v) is 6.94. The van der Waals surface area contributed by atoms with Crippen LogP contribution >= 0.6 is 0 Å². The van der Waals surface area contributed by atoms with Gasteiger partial charge in [-0.05, 0) is 6.07 Å². The Morgan fingerprint density at radius 1 is 1.29 bits per heavy atom. The SMILES string of the molecule is Cn1ncc2c(NC3CCOc4ccccc43)ncnc21. The van der Waals surface area contributed by atoms with Gasteiger partial charge in [0.1, 0.15) is 17.9 Å². The van der Waals surface area contributed by atoms with Crippen LogP contribution in [0.2, 0.25) is 0 Å². The predicted molar refractivity (Wildman–Crippen MR) is 79.2 cm³/mol. The molecule has 4 rings (SSSR count). The molecule has 6 heteroatoms. The van der Waals surface area contributed by atoms with Crippen LogP contribution < -0.4 is 10.1 Å². The minimum atomic E-state index is 0.188. The Kier molecular flexibility index (Phi) is 2.73. The van der Waals surface area contributed by atoms with Gasteiger partial charge < -0.3 is 10.1 Å². The van der Waals surface area contributed by atoms with Crippen molar-refractivity contribution in [3.05, 3.63) is 42.4 Å². The van der Waals surface area contributed by atoms with Gasteiger partial charge in [0.2, 0.25) is 0 Å². The normalized spacial score (nSPS) is 17.3. The third-order valence-corrected chi connectivity index (χ3v) is 3.80. The highest BCUT2D eigenvalue weighted by atomic mass is 16.5. The molecule has 0 saturated heterocycles. The molecule has 106 valence electrons. The van der Waals surface area contributed by atoms with Gasteiger partial charge in [0.25, 0.3) is 0 Å². The third kappa shape index (κ3) is 1.99. The number of hydrogen-bond donors (Lipinski definition) is 1. The summed E-state index contributed by atoms with van der Waals surface area (Å²) in [7, 11) is 1.88. The highest BCUT2D eigenvalue weighted by Crippen LogP contribution is 2.34. The highest BCUT2D eigenvalue weighted by molar-refractivity contribution is 5.86. The Morgan fingerprint density at radius 2 is 2.19 bits per heavy atom. The predicted octanol–water partition coefficient (Wildman–Crippen LogP) is 2.30. The molecule has 3 aromatic rings. The van der Waals surface area contributed by atoms with Gasteiger partial charge in [-0.15, -0.1) is 0 Å². The molecule has 1 aliphatic rings. The fraction of sp³-hybridized carbons (Fsp3) is 0.267. The van der Waals surface area contributed by atoms with Crippen LogP contribution in [-0.4, -0.2) is 26.4 Å². The maximum Gasteiger partial charge on any atom is 0.163 e. The first-order chi connectivity index (χ1) is 10.3. The van der Waals surface area contributed by atoms with E-state index in [1.807, 2.05) is 25.2 Å². The van der Waals surface area contributed by atoms with E-state index in [0.717, 1.165) is 29.0 Å². The summed E-state index contributed by atoms with van der Waals surface area (Å²) in [5, 5.41) is 8.69. The van der Waals surface area contributed by atoms with Crippen LogP contribution in [0.3, 0.4) is 0 Å². The number of rotatable bonds is 2. The lowest BCUT2D eigenvalue weighted by atomic mass is 10.0. The summed E-state index contributed by atoms with van der Waals surface area (Å²) in [4.78, 5) is 8.63. The first kappa shape index (κ1) is 12.1. The molecule has 0 amide bonds. The maximum atomic E-state index is 5.69. The first-order valence-electron chi connectivity index (χ1n) is 6.94. The summed E-state index contributed by atoms with van der Waals surface area (Å²) in [6.45, 7) is 0.704. The van der Waals surface area contributed by atoms with E-state index >= 15 is 0 Å². The van der Waals surface area contributed by atoms with Crippen LogP contribution in [0.25, 0.3) is 11.0 Å². The van der Waals surface area contributed by atoms with Crippen molar-refractivity contribution in [3.8, 4) is 5.75 Å². The second-order valence-electron chi connectivity index (χ2n) is 5.10. The second-order valence-corrected chi connectivity index (χ2v) is 5.10. The average molecular weight is 281 g/mol. The number of benzene rings is 1. The third-order valence-electron chi connectivity index (χ3n) is 3.80. The lowest BCUT2D eigenvalue weighted by molar-refractivity contribution is 0.274. The Hall–Kier alpha value is -2.63. The van der Waals surface area contributed by atoms with Gasteiger partial charge in [0.15, 0.2) is 5.65 Å². The van der Waals surface area contributed by atoms with Crippen LogP contribution in [0.15, 0.2) is 36.8 Å². The molecule has 1 aliphatic heterocycles. The zero-order chi connectivity index (χ0) is 14.2. The number of aryl methyl sites for hydroxylation is 1. The van der Waals surface area contributed by atoms with Gasteiger partial charge in [-0.1, -0.05) is 18.2 Å². The average Bonchev–Trinajstić information content (AvgIpc) is 2.90. The zero-order valence-electron chi connectivity index (χ0n) is 11.7. The van der Waals surface area contributed by atoms with E-state index in [1.54, 1.807) is 17.2 Å². The standard InChI is InChI=1S/C15H15N5O/c1-20-15-11(8-18-20)14(16-9-17-15)19-12-6-7-21-13-5-3-2-4-10(12)13/h2-5,8-9,12H,6-7H2,1H3,(H,16,17,19). The molecular weight excluding hydrogens is 266 g/mol. The van der Waals surface area contributed by atoms with Crippen molar-refractivity contribution in [2.45, 2.75) is 12.5 Å². The van der Waals surface area contributed by atoms with Gasteiger partial charge in [0, 0.05) is 19.0 Å². The van der Waals surface area contributed by atoms with Gasteiger partial charge in [-0.3, -0.25) is 4.68 Å². The minimum Gasteiger partial charge on any atom is -0.493 e. The lowest BCUT2D eigenvalue weighted by Crippen LogP contribution is -2.20. The molecule has 0 radical (unpaired) electrons. The van der Waals surface area contributed by atoms with Crippen molar-refractivity contribution in [1.82, 2.24) is 19.7 Å². The van der Waals surface area contributed by atoms with Crippen molar-refractivity contribution in [1.29, 1.82) is 0 Å². The Balaban J connectivity index is 1.73. The second kappa shape index (κ2) is 4.73. The summed E-state index contributed by atoms with van der Waals surface area (Å²) < 4.78 is 7.44. The highest BCUT2D eigenvalue weighted by Gasteiger charge is 2.22. The Labute approximate surface area is 121 Å². The quantitative estimate of drug-likeness (QED) is 0.780. The van der Waals surface area contributed by atoms with Crippen molar-refractivity contribution in [2.24, 2.45) is 7.05 Å². The van der Waals surface area contributed by atoms with Crippen LogP contribution in [0.4, 0.5) is 5.82 Å². The zero-order valence-corrected chi connectivity index (χ0v) is 11.7. The van der Waals surface area contributed by atoms with Gasteiger partial charge >= 0.3 is 0 Å². The Bertz CT molecular complexity index is 798. The molecule has 1 unspecified atom stereocenters. The smallest absolute Gasteiger partial charge is 0.163 e. The molecule has 2 aromatic heterocycles. The van der Waals surface area contributed by atoms with Crippen LogP contribution in [0.1, 0.15) is 18.0 Å². The molecule has 1 N–H and O–H groups in total. The maximum absolute atomic E-state index is 5.69. The van der Waals surface area contributed by atoms with Crippen LogP contribution in [-0.2, 0) is 7.05 Å². The van der Waals surface area contributed by atoms with Crippen molar-refractivity contribution in [3.63, 3.8) is 0 Å². The van der Waals surface area contributed by atoms with Crippen LogP contribution in [0, 0.1) is 0 Å². The molecule has 1 atom stereocenters. The number of hydrogen-bond acceptors (Lipinski definition) is 5. The molecule has 0 fully saturated rings. The number of para-hydroxylation sites is 1. The summed E-state index contributed by atoms with van der Waals surface area (Å²) in [5.74, 6) is 1.76. The molecule has 21 heavy (non-hydrogen) atoms. The molecule has 0 aliphatic carbocycles. The molecule has 1 aromatic carbocycles. The summed E-state index contributed by atoms with van der Waals surface area (Å²) in [6, 6.07) is 8.30. The van der Waals surface area contributed by atoms with Crippen LogP contribution in [0.5, 0.6) is 5.75 Å².